The molecule has 4 aromatic rings. The molecule has 0 bridgehead atoms. The van der Waals surface area contributed by atoms with E-state index in [0.717, 1.165) is 52.5 Å². The number of aromatic nitrogens is 2. The summed E-state index contributed by atoms with van der Waals surface area (Å²) >= 11 is 2.62. The van der Waals surface area contributed by atoms with Crippen molar-refractivity contribution in [1.29, 1.82) is 0 Å². The Morgan fingerprint density at radius 1 is 0.956 bits per heavy atom. The summed E-state index contributed by atoms with van der Waals surface area (Å²) in [6.45, 7) is 10.2. The number of nitrogens with zero attached hydrogens (tertiary/aromatic N) is 4. The number of ether oxygens (including phenoxy) is 2. The number of carbonyl (C=O) groups excluding carboxylic acids is 2. The summed E-state index contributed by atoms with van der Waals surface area (Å²) in [5.74, 6) is -5.43. The number of carboxylic acid groups (broad SMARTS) is 2. The Kier molecular flexibility index (Phi) is 20.3. The number of phenolic OH excluding ortho intramolecular Hbond substituents is 1. The van der Waals surface area contributed by atoms with E-state index in [1.54, 1.807) is 24.1 Å². The number of phenols is 1. The SMILES string of the molecule is CC(C)c1nc(C(=O)N2CCOC3(CCN(Cc4cccc(CCOCCC(=O)N(C)CCNCCc5ccc(O)c6[nH]c(=O)sc56)c4F)CC3)C2)cs1.O=C(O)C(F)(F)F.O=C(O)C(F)(F)F. The zero-order valence-corrected chi connectivity index (χ0v) is 38.9. The van der Waals surface area contributed by atoms with Gasteiger partial charge in [-0.3, -0.25) is 19.3 Å². The highest BCUT2D eigenvalue weighted by Gasteiger charge is 2.42. The third kappa shape index (κ3) is 16.5. The van der Waals surface area contributed by atoms with Gasteiger partial charge in [0.1, 0.15) is 22.8 Å². The quantitative estimate of drug-likeness (QED) is 0.0642. The van der Waals surface area contributed by atoms with Crippen LogP contribution in [0.4, 0.5) is 30.7 Å². The molecule has 2 aliphatic heterocycles. The van der Waals surface area contributed by atoms with Gasteiger partial charge in [-0.1, -0.05) is 49.4 Å². The largest absolute Gasteiger partial charge is 0.506 e. The van der Waals surface area contributed by atoms with Gasteiger partial charge >= 0.3 is 29.2 Å². The van der Waals surface area contributed by atoms with Gasteiger partial charge in [-0.25, -0.2) is 19.0 Å². The van der Waals surface area contributed by atoms with Crippen molar-refractivity contribution in [3.63, 3.8) is 0 Å². The molecule has 0 unspecified atom stereocenters. The number of amides is 2. The minimum Gasteiger partial charge on any atom is -0.506 e. The third-order valence-corrected chi connectivity index (χ3v) is 12.9. The van der Waals surface area contributed by atoms with E-state index in [9.17, 15) is 45.8 Å². The van der Waals surface area contributed by atoms with Crippen molar-refractivity contribution in [2.24, 2.45) is 0 Å². The van der Waals surface area contributed by atoms with Crippen molar-refractivity contribution in [3.05, 3.63) is 78.6 Å². The summed E-state index contributed by atoms with van der Waals surface area (Å²) in [6.07, 6.45) is -7.28. The lowest BCUT2D eigenvalue weighted by Crippen LogP contribution is -2.58. The molecule has 1 spiro atoms. The summed E-state index contributed by atoms with van der Waals surface area (Å²) in [7, 11) is 1.76. The molecule has 4 heterocycles. The van der Waals surface area contributed by atoms with E-state index in [-0.39, 0.29) is 52.8 Å². The lowest BCUT2D eigenvalue weighted by molar-refractivity contribution is -0.193. The third-order valence-electron chi connectivity index (χ3n) is 10.8. The minimum atomic E-state index is -5.08. The number of likely N-dealkylation sites (tertiary alicyclic amines) is 1. The molecule has 6 rings (SSSR count). The molecule has 0 aliphatic carbocycles. The van der Waals surface area contributed by atoms with Gasteiger partial charge in [0.25, 0.3) is 5.91 Å². The van der Waals surface area contributed by atoms with Crippen LogP contribution in [0.25, 0.3) is 10.2 Å². The highest BCUT2D eigenvalue weighted by Crippen LogP contribution is 2.33. The van der Waals surface area contributed by atoms with Gasteiger partial charge < -0.3 is 44.9 Å². The number of aliphatic carboxylic acids is 2. The van der Waals surface area contributed by atoms with E-state index in [1.165, 1.54) is 11.3 Å². The fourth-order valence-corrected chi connectivity index (χ4v) is 8.77. The molecular weight excluding hydrogens is 958 g/mol. The number of aromatic amines is 1. The van der Waals surface area contributed by atoms with Crippen molar-refractivity contribution >= 4 is 56.6 Å². The maximum atomic E-state index is 15.6. The van der Waals surface area contributed by atoms with Crippen LogP contribution in [0, 0.1) is 5.82 Å². The Balaban J connectivity index is 0.000000626. The highest BCUT2D eigenvalue weighted by atomic mass is 32.1. The predicted molar refractivity (Wildman–Crippen MR) is 237 cm³/mol. The van der Waals surface area contributed by atoms with Crippen molar-refractivity contribution in [3.8, 4) is 5.75 Å². The van der Waals surface area contributed by atoms with Gasteiger partial charge in [-0.2, -0.15) is 26.3 Å². The zero-order chi connectivity index (χ0) is 50.4. The Morgan fingerprint density at radius 3 is 2.22 bits per heavy atom. The molecule has 2 amide bonds. The number of thiazole rings is 2. The number of carbonyl (C=O) groups is 4. The monoisotopic (exact) mass is 1010 g/mol. The van der Waals surface area contributed by atoms with Crippen molar-refractivity contribution in [2.75, 3.05) is 72.7 Å². The van der Waals surface area contributed by atoms with E-state index in [1.807, 2.05) is 28.5 Å². The van der Waals surface area contributed by atoms with Gasteiger partial charge in [0, 0.05) is 63.2 Å². The van der Waals surface area contributed by atoms with Crippen LogP contribution < -0.4 is 10.2 Å². The van der Waals surface area contributed by atoms with Gasteiger partial charge in [0.2, 0.25) is 5.91 Å². The van der Waals surface area contributed by atoms with E-state index < -0.39 is 24.3 Å². The summed E-state index contributed by atoms with van der Waals surface area (Å²) in [5.41, 5.74) is 2.83. The fraction of sp³-hybridized carbons (Fsp3) is 0.535. The number of morpholine rings is 1. The number of nitrogens with one attached hydrogen (secondary N) is 2. The molecule has 25 heteroatoms. The first-order chi connectivity index (χ1) is 31.9. The molecule has 5 N–H and O–H groups in total. The van der Waals surface area contributed by atoms with Crippen LogP contribution in [-0.2, 0) is 43.2 Å². The minimum absolute atomic E-state index is 0.0248. The van der Waals surface area contributed by atoms with E-state index in [2.05, 4.69) is 34.0 Å². The van der Waals surface area contributed by atoms with Crippen molar-refractivity contribution in [1.82, 2.24) is 30.0 Å². The Labute approximate surface area is 393 Å². The number of aromatic hydroxyl groups is 1. The number of alkyl halides is 6. The molecule has 2 saturated heterocycles. The first kappa shape index (κ1) is 55.4. The normalized spacial score (nSPS) is 15.1. The maximum Gasteiger partial charge on any atom is 0.490 e. The molecule has 2 fully saturated rings. The van der Waals surface area contributed by atoms with E-state index in [4.69, 9.17) is 29.3 Å². The topological polar surface area (TPSA) is 215 Å². The molecule has 2 aromatic heterocycles. The second-order valence-electron chi connectivity index (χ2n) is 16.1. The number of likely N-dealkylation sites (N-methyl/N-ethyl adjacent to an activating group) is 1. The number of halogens is 7. The number of hydrogen-bond donors (Lipinski definition) is 5. The first-order valence-electron chi connectivity index (χ1n) is 21.2. The van der Waals surface area contributed by atoms with Gasteiger partial charge in [-0.05, 0) is 49.4 Å². The second kappa shape index (κ2) is 24.9. The molecule has 2 aromatic carbocycles. The number of H-pyrrole nitrogens is 1. The first-order valence-corrected chi connectivity index (χ1v) is 22.9. The van der Waals surface area contributed by atoms with Crippen LogP contribution in [0.2, 0.25) is 0 Å². The maximum absolute atomic E-state index is 15.6. The summed E-state index contributed by atoms with van der Waals surface area (Å²) in [5, 5.41) is 30.4. The number of piperidine rings is 1. The van der Waals surface area contributed by atoms with Crippen molar-refractivity contribution in [2.45, 2.75) is 76.4 Å². The van der Waals surface area contributed by atoms with Gasteiger partial charge in [0.15, 0.2) is 0 Å². The number of hydrogen-bond acceptors (Lipinski definition) is 13. The van der Waals surface area contributed by atoms with Gasteiger partial charge in [0.05, 0.1) is 48.1 Å². The summed E-state index contributed by atoms with van der Waals surface area (Å²) in [6, 6.07) is 8.93. The van der Waals surface area contributed by atoms with Gasteiger partial charge in [-0.15, -0.1) is 11.3 Å². The van der Waals surface area contributed by atoms with Crippen LogP contribution >= 0.6 is 22.7 Å². The zero-order valence-electron chi connectivity index (χ0n) is 37.3. The average molecular weight is 1010 g/mol. The Bertz CT molecular complexity index is 2360. The molecule has 16 nitrogen and oxygen atoms in total. The van der Waals surface area contributed by atoms with Crippen LogP contribution in [0.1, 0.15) is 71.2 Å². The van der Waals surface area contributed by atoms with E-state index >= 15 is 4.39 Å². The number of benzene rings is 2. The van der Waals surface area contributed by atoms with Crippen LogP contribution in [-0.4, -0.2) is 154 Å². The predicted octanol–water partition coefficient (Wildman–Crippen LogP) is 6.03. The highest BCUT2D eigenvalue weighted by molar-refractivity contribution is 7.16. The van der Waals surface area contributed by atoms with Crippen LogP contribution in [0.15, 0.2) is 40.5 Å². The molecule has 68 heavy (non-hydrogen) atoms. The van der Waals surface area contributed by atoms with Crippen molar-refractivity contribution < 1.29 is 74.7 Å². The second-order valence-corrected chi connectivity index (χ2v) is 18.0. The lowest BCUT2D eigenvalue weighted by atomic mass is 9.89. The summed E-state index contributed by atoms with van der Waals surface area (Å²) in [4.78, 5) is 68.2. The van der Waals surface area contributed by atoms with Crippen LogP contribution in [0.5, 0.6) is 5.75 Å². The standard InChI is InChI=1S/C39H51FN6O6S2.2C2HF3O2/c1-26(2)36-42-30(24-53-36)37(49)46-19-22-52-39(25-46)12-16-45(17-13-39)23-29-6-4-5-27(33(29)40)10-20-51-21-11-32(48)44(3)18-15-41-14-9-28-7-8-31(47)34-35(28)54-38(50)43-34;2*3-2(4,5)1(6)7/h4-8,24,26,41,47H,9-23,25H2,1-3H3,(H,43,50);2*(H,6,7). The smallest absolute Gasteiger partial charge is 0.490 e. The number of fused-ring (bicyclic) bond motifs is 1. The Morgan fingerprint density at radius 2 is 1.60 bits per heavy atom. The molecule has 2 aliphatic rings. The number of carboxylic acids is 2. The number of rotatable bonds is 16. The molecule has 0 atom stereocenters. The fourth-order valence-electron chi connectivity index (χ4n) is 7.07. The molecule has 376 valence electrons. The van der Waals surface area contributed by atoms with Crippen LogP contribution in [0.3, 0.4) is 0 Å². The summed E-state index contributed by atoms with van der Waals surface area (Å²) < 4.78 is 91.8. The molecule has 0 radical (unpaired) electrons. The van der Waals surface area contributed by atoms with E-state index in [0.29, 0.717) is 87.7 Å². The Hall–Kier alpha value is -5.21. The molecule has 0 saturated carbocycles. The lowest BCUT2D eigenvalue weighted by Gasteiger charge is -2.47. The molecular formula is C43H53F7N6O10S2. The average Bonchev–Trinajstić information content (AvgIpc) is 3.94.